The third-order valence-electron chi connectivity index (χ3n) is 6.01. The van der Waals surface area contributed by atoms with Gasteiger partial charge in [-0.15, -0.1) is 0 Å². The second-order valence-corrected chi connectivity index (χ2v) is 8.91. The summed E-state index contributed by atoms with van der Waals surface area (Å²) in [7, 11) is 0. The van der Waals surface area contributed by atoms with Crippen LogP contribution < -0.4 is 15.4 Å². The smallest absolute Gasteiger partial charge is 0.418 e. The van der Waals surface area contributed by atoms with Crippen molar-refractivity contribution in [2.45, 2.75) is 70.1 Å². The number of hydrogen-bond donors (Lipinski definition) is 2. The van der Waals surface area contributed by atoms with E-state index in [0.717, 1.165) is 11.3 Å². The molecule has 0 atom stereocenters. The topological polar surface area (TPSA) is 93.2 Å². The molecular weight excluding hydrogens is 551 g/mol. The molecule has 0 saturated heterocycles. The largest absolute Gasteiger partial charge is 0.491 e. The van der Waals surface area contributed by atoms with Crippen LogP contribution in [0, 0.1) is 13.8 Å². The van der Waals surface area contributed by atoms with Crippen molar-refractivity contribution in [3.8, 4) is 5.75 Å². The van der Waals surface area contributed by atoms with E-state index >= 15 is 0 Å². The first-order valence-electron chi connectivity index (χ1n) is 11.4. The van der Waals surface area contributed by atoms with Crippen molar-refractivity contribution in [2.75, 3.05) is 5.32 Å². The van der Waals surface area contributed by atoms with Crippen LogP contribution in [0.15, 0.2) is 18.3 Å². The predicted molar refractivity (Wildman–Crippen MR) is 117 cm³/mol. The molecule has 39 heavy (non-hydrogen) atoms. The average Bonchev–Trinajstić information content (AvgIpc) is 2.80. The molecule has 1 saturated carbocycles. The van der Waals surface area contributed by atoms with Crippen molar-refractivity contribution in [3.63, 3.8) is 0 Å². The average molecular weight is 572 g/mol. The van der Waals surface area contributed by atoms with Gasteiger partial charge in [0.25, 0.3) is 5.91 Å². The minimum absolute atomic E-state index is 0.0895. The van der Waals surface area contributed by atoms with E-state index in [9.17, 15) is 49.1 Å². The molecule has 1 amide bonds. The molecule has 3 rings (SSSR count). The van der Waals surface area contributed by atoms with Gasteiger partial charge < -0.3 is 15.4 Å². The summed E-state index contributed by atoms with van der Waals surface area (Å²) in [5.41, 5.74) is -4.22. The Hall–Kier alpha value is -3.59. The molecule has 2 N–H and O–H groups in total. The molecule has 0 aliphatic heterocycles. The fraction of sp³-hybridized carbons (Fsp3) is 0.478. The van der Waals surface area contributed by atoms with Crippen LogP contribution in [0.1, 0.15) is 58.4 Å². The fourth-order valence-corrected chi connectivity index (χ4v) is 3.86. The lowest BCUT2D eigenvalue weighted by molar-refractivity contribution is -0.190. The Kier molecular flexibility index (Phi) is 8.36. The zero-order valence-corrected chi connectivity index (χ0v) is 20.2. The molecule has 16 heteroatoms. The van der Waals surface area contributed by atoms with Gasteiger partial charge in [-0.05, 0) is 57.2 Å². The maximum Gasteiger partial charge on any atom is 0.491 e. The van der Waals surface area contributed by atoms with Crippen LogP contribution in [-0.2, 0) is 17.1 Å². The Morgan fingerprint density at radius 2 is 1.49 bits per heavy atom. The van der Waals surface area contributed by atoms with Crippen LogP contribution in [0.3, 0.4) is 0 Å². The quantitative estimate of drug-likeness (QED) is 0.269. The number of benzene rings is 1. The first-order chi connectivity index (χ1) is 17.9. The van der Waals surface area contributed by atoms with Gasteiger partial charge in [0.1, 0.15) is 0 Å². The predicted octanol–water partition coefficient (Wildman–Crippen LogP) is 5.75. The number of aryl methyl sites for hydroxylation is 2. The minimum Gasteiger partial charge on any atom is -0.418 e. The summed E-state index contributed by atoms with van der Waals surface area (Å²) in [5.74, 6) is -6.32. The highest BCUT2D eigenvalue weighted by Crippen LogP contribution is 2.43. The molecule has 1 aromatic heterocycles. The van der Waals surface area contributed by atoms with Gasteiger partial charge >= 0.3 is 24.5 Å². The molecule has 2 aromatic rings. The van der Waals surface area contributed by atoms with Crippen LogP contribution in [0.2, 0.25) is 0 Å². The number of rotatable bonds is 5. The van der Waals surface area contributed by atoms with E-state index in [0.29, 0.717) is 18.8 Å². The van der Waals surface area contributed by atoms with Crippen LogP contribution >= 0.6 is 0 Å². The Morgan fingerprint density at radius 3 is 2.00 bits per heavy atom. The molecular formula is C23H21F9N4O3. The summed E-state index contributed by atoms with van der Waals surface area (Å²) in [6.07, 6.45) is -14.0. The van der Waals surface area contributed by atoms with E-state index in [-0.39, 0.29) is 24.9 Å². The first kappa shape index (κ1) is 30.0. The lowest BCUT2D eigenvalue weighted by Gasteiger charge is -2.30. The van der Waals surface area contributed by atoms with E-state index in [1.54, 1.807) is 13.1 Å². The number of carbonyl (C=O) groups excluding carboxylic acids is 2. The van der Waals surface area contributed by atoms with Crippen LogP contribution in [-0.4, -0.2) is 40.1 Å². The lowest BCUT2D eigenvalue weighted by Crippen LogP contribution is -2.41. The summed E-state index contributed by atoms with van der Waals surface area (Å²) < 4.78 is 123. The van der Waals surface area contributed by atoms with E-state index in [2.05, 4.69) is 25.3 Å². The minimum atomic E-state index is -5.79. The van der Waals surface area contributed by atoms with Crippen molar-refractivity contribution in [2.24, 2.45) is 0 Å². The molecule has 1 aromatic carbocycles. The van der Waals surface area contributed by atoms with Gasteiger partial charge in [-0.3, -0.25) is 4.79 Å². The number of halogens is 9. The van der Waals surface area contributed by atoms with Gasteiger partial charge in [-0.25, -0.2) is 14.8 Å². The number of esters is 1. The normalized spacial score (nSPS) is 18.4. The monoisotopic (exact) mass is 572 g/mol. The van der Waals surface area contributed by atoms with Gasteiger partial charge in [0.15, 0.2) is 5.75 Å². The summed E-state index contributed by atoms with van der Waals surface area (Å²) in [4.78, 5) is 32.5. The van der Waals surface area contributed by atoms with Crippen LogP contribution in [0.5, 0.6) is 5.75 Å². The molecule has 7 nitrogen and oxygen atoms in total. The molecule has 0 spiro atoms. The highest BCUT2D eigenvalue weighted by atomic mass is 19.4. The molecule has 0 radical (unpaired) electrons. The summed E-state index contributed by atoms with van der Waals surface area (Å²) in [6, 6.07) is -1.52. The summed E-state index contributed by atoms with van der Waals surface area (Å²) in [6.45, 7) is 3.61. The van der Waals surface area contributed by atoms with Gasteiger partial charge in [0, 0.05) is 24.0 Å². The van der Waals surface area contributed by atoms with Gasteiger partial charge in [0.2, 0.25) is 5.95 Å². The fourth-order valence-electron chi connectivity index (χ4n) is 3.86. The maximum atomic E-state index is 13.5. The number of ether oxygens (including phenoxy) is 1. The molecule has 214 valence electrons. The molecule has 1 aliphatic carbocycles. The number of hydrogen-bond acceptors (Lipinski definition) is 6. The zero-order valence-electron chi connectivity index (χ0n) is 20.2. The van der Waals surface area contributed by atoms with Crippen molar-refractivity contribution >= 4 is 17.8 Å². The summed E-state index contributed by atoms with van der Waals surface area (Å²) >= 11 is 0. The van der Waals surface area contributed by atoms with E-state index in [1.165, 1.54) is 0 Å². The Bertz CT molecular complexity index is 1240. The van der Waals surface area contributed by atoms with Gasteiger partial charge in [-0.1, -0.05) is 0 Å². The Balaban J connectivity index is 1.84. The highest BCUT2D eigenvalue weighted by molar-refractivity contribution is 5.99. The van der Waals surface area contributed by atoms with Crippen molar-refractivity contribution in [3.05, 3.63) is 46.3 Å². The maximum absolute atomic E-state index is 13.5. The van der Waals surface area contributed by atoms with E-state index in [1.807, 2.05) is 6.92 Å². The molecule has 0 bridgehead atoms. The number of aromatic nitrogens is 2. The first-order valence-corrected chi connectivity index (χ1v) is 11.4. The lowest BCUT2D eigenvalue weighted by atomic mass is 9.91. The standard InChI is InChI=1S/C23H21F9N4O3/c1-10-9-33-20(34-11(10)2)36-14-5-3-13(4-6-14)35-18(37)15-7-12(21(24,25)26)8-16(22(27,28)29)17(15)39-19(38)23(30,31)32/h7-9,13-14H,3-6H2,1-2H3,(H,35,37)(H,33,34,36). The molecule has 0 unspecified atom stereocenters. The third kappa shape index (κ3) is 7.50. The van der Waals surface area contributed by atoms with Crippen LogP contribution in [0.25, 0.3) is 0 Å². The van der Waals surface area contributed by atoms with E-state index < -0.39 is 65.0 Å². The second kappa shape index (κ2) is 10.9. The Labute approximate surface area is 215 Å². The zero-order chi connectivity index (χ0) is 29.3. The number of anilines is 1. The number of carbonyl (C=O) groups is 2. The number of nitrogens with one attached hydrogen (secondary N) is 2. The number of alkyl halides is 9. The third-order valence-corrected chi connectivity index (χ3v) is 6.01. The van der Waals surface area contributed by atoms with Crippen molar-refractivity contribution in [1.29, 1.82) is 0 Å². The van der Waals surface area contributed by atoms with Crippen LogP contribution in [0.4, 0.5) is 45.5 Å². The number of amides is 1. The van der Waals surface area contributed by atoms with Crippen molar-refractivity contribution in [1.82, 2.24) is 15.3 Å². The summed E-state index contributed by atoms with van der Waals surface area (Å²) in [5, 5.41) is 5.34. The molecule has 1 fully saturated rings. The van der Waals surface area contributed by atoms with Gasteiger partial charge in [-0.2, -0.15) is 39.5 Å². The van der Waals surface area contributed by atoms with Gasteiger partial charge in [0.05, 0.1) is 16.7 Å². The number of nitrogens with zero attached hydrogens (tertiary/aromatic N) is 2. The van der Waals surface area contributed by atoms with E-state index in [4.69, 9.17) is 0 Å². The SMILES string of the molecule is Cc1cnc(NC2CCC(NC(=O)c3cc(C(F)(F)F)cc(C(F)(F)F)c3OC(=O)C(F)(F)F)CC2)nc1C. The molecule has 1 heterocycles. The Morgan fingerprint density at radius 1 is 0.897 bits per heavy atom. The molecule has 1 aliphatic rings. The van der Waals surface area contributed by atoms with Crippen molar-refractivity contribution < 1.29 is 53.8 Å². The second-order valence-electron chi connectivity index (χ2n) is 8.91. The highest BCUT2D eigenvalue weighted by Gasteiger charge is 2.46.